The second-order valence-electron chi connectivity index (χ2n) is 10.4. The molecule has 38 heavy (non-hydrogen) atoms. The van der Waals surface area contributed by atoms with E-state index in [-0.39, 0.29) is 5.91 Å². The number of piperazine rings is 2. The molecule has 1 amide bonds. The highest BCUT2D eigenvalue weighted by molar-refractivity contribution is 7.98. The largest absolute Gasteiger partial charge is 0.354 e. The van der Waals surface area contributed by atoms with Crippen LogP contribution in [0.1, 0.15) is 32.7 Å². The van der Waals surface area contributed by atoms with Gasteiger partial charge in [-0.05, 0) is 44.2 Å². The van der Waals surface area contributed by atoms with E-state index in [1.54, 1.807) is 11.8 Å². The normalized spacial score (nSPS) is 17.1. The Kier molecular flexibility index (Phi) is 8.61. The number of thioether (sulfide) groups is 1. The van der Waals surface area contributed by atoms with Crippen molar-refractivity contribution in [1.29, 1.82) is 0 Å². The molecule has 5 rings (SSSR count). The fourth-order valence-electron chi connectivity index (χ4n) is 5.00. The second kappa shape index (κ2) is 12.3. The Balaban J connectivity index is 1.17. The molecule has 2 aliphatic rings. The van der Waals surface area contributed by atoms with Gasteiger partial charge in [-0.2, -0.15) is 0 Å². The molecule has 0 unspecified atom stereocenters. The number of aryl methyl sites for hydroxylation is 1. The summed E-state index contributed by atoms with van der Waals surface area (Å²) >= 11 is 1.66. The lowest BCUT2D eigenvalue weighted by molar-refractivity contribution is 0.0664. The monoisotopic (exact) mass is 530 g/mol. The number of likely N-dealkylation sites (N-methyl/N-ethyl adjacent to an activating group) is 1. The van der Waals surface area contributed by atoms with Gasteiger partial charge in [-0.25, -0.2) is 9.97 Å². The van der Waals surface area contributed by atoms with Gasteiger partial charge < -0.3 is 14.7 Å². The average molecular weight is 531 g/mol. The molecule has 2 saturated heterocycles. The smallest absolute Gasteiger partial charge is 0.253 e. The van der Waals surface area contributed by atoms with Crippen LogP contribution in [-0.4, -0.2) is 90.0 Å². The summed E-state index contributed by atoms with van der Waals surface area (Å²) in [6.07, 6.45) is 0. The molecule has 2 fully saturated rings. The molecule has 1 aromatic heterocycles. The fourth-order valence-corrected chi connectivity index (χ4v) is 5.84. The van der Waals surface area contributed by atoms with Gasteiger partial charge in [0.1, 0.15) is 5.82 Å². The lowest BCUT2D eigenvalue weighted by atomic mass is 10.1. The van der Waals surface area contributed by atoms with Gasteiger partial charge >= 0.3 is 0 Å². The highest BCUT2D eigenvalue weighted by Gasteiger charge is 2.22. The van der Waals surface area contributed by atoms with Gasteiger partial charge in [0, 0.05) is 81.5 Å². The molecule has 0 aliphatic carbocycles. The van der Waals surface area contributed by atoms with Crippen LogP contribution in [0.25, 0.3) is 0 Å². The summed E-state index contributed by atoms with van der Waals surface area (Å²) in [7, 11) is 2.10. The number of nitrogens with zero attached hydrogens (tertiary/aromatic N) is 6. The zero-order valence-corrected chi connectivity index (χ0v) is 23.6. The third-order valence-corrected chi connectivity index (χ3v) is 8.54. The van der Waals surface area contributed by atoms with E-state index in [2.05, 4.69) is 78.1 Å². The zero-order chi connectivity index (χ0) is 26.5. The van der Waals surface area contributed by atoms with Crippen molar-refractivity contribution < 1.29 is 4.79 Å². The van der Waals surface area contributed by atoms with Crippen molar-refractivity contribution in [3.63, 3.8) is 0 Å². The molecular weight excluding hydrogens is 492 g/mol. The van der Waals surface area contributed by atoms with Crippen LogP contribution in [0, 0.1) is 13.8 Å². The maximum Gasteiger partial charge on any atom is 0.253 e. The van der Waals surface area contributed by atoms with Gasteiger partial charge in [0.25, 0.3) is 5.91 Å². The van der Waals surface area contributed by atoms with Crippen molar-refractivity contribution in [3.8, 4) is 0 Å². The quantitative estimate of drug-likeness (QED) is 0.337. The Morgan fingerprint density at radius 3 is 2.18 bits per heavy atom. The van der Waals surface area contributed by atoms with E-state index in [0.29, 0.717) is 0 Å². The van der Waals surface area contributed by atoms with E-state index in [1.165, 1.54) is 11.1 Å². The van der Waals surface area contributed by atoms with Crippen molar-refractivity contribution in [2.24, 2.45) is 0 Å². The standard InChI is InChI=1S/C30H38N6OS/c1-23-24(2)31-30(32-28(23)35-19-15-34(16-20-35)21-25-7-5-4-6-8-25)38-22-26-9-11-27(12-10-26)29(37)36-17-13-33(3)14-18-36/h4-12H,13-22H2,1-3H3. The summed E-state index contributed by atoms with van der Waals surface area (Å²) in [5, 5.41) is 0.812. The summed E-state index contributed by atoms with van der Waals surface area (Å²) in [5.41, 5.74) is 5.50. The van der Waals surface area contributed by atoms with E-state index in [0.717, 1.165) is 92.5 Å². The Morgan fingerprint density at radius 2 is 1.50 bits per heavy atom. The predicted molar refractivity (Wildman–Crippen MR) is 155 cm³/mol. The molecule has 3 aromatic rings. The van der Waals surface area contributed by atoms with Crippen LogP contribution in [0.3, 0.4) is 0 Å². The number of amides is 1. The van der Waals surface area contributed by atoms with Gasteiger partial charge in [0.2, 0.25) is 0 Å². The first-order chi connectivity index (χ1) is 18.5. The third kappa shape index (κ3) is 6.54. The number of rotatable bonds is 7. The molecule has 0 atom stereocenters. The topological polar surface area (TPSA) is 55.8 Å². The molecule has 0 saturated carbocycles. The molecule has 0 spiro atoms. The Labute approximate surface area is 230 Å². The lowest BCUT2D eigenvalue weighted by Gasteiger charge is -2.36. The molecular formula is C30H38N6OS. The molecule has 0 N–H and O–H groups in total. The Bertz CT molecular complexity index is 1220. The van der Waals surface area contributed by atoms with Crippen LogP contribution in [0.2, 0.25) is 0 Å². The Hall–Kier alpha value is -2.94. The van der Waals surface area contributed by atoms with Crippen LogP contribution in [0.4, 0.5) is 5.82 Å². The summed E-state index contributed by atoms with van der Waals surface area (Å²) in [6.45, 7) is 12.6. The maximum absolute atomic E-state index is 12.8. The first-order valence-corrected chi connectivity index (χ1v) is 14.5. The van der Waals surface area contributed by atoms with Gasteiger partial charge in [0.05, 0.1) is 0 Å². The molecule has 2 aromatic carbocycles. The van der Waals surface area contributed by atoms with Crippen molar-refractivity contribution in [2.75, 3.05) is 64.3 Å². The van der Waals surface area contributed by atoms with E-state index in [4.69, 9.17) is 9.97 Å². The van der Waals surface area contributed by atoms with Crippen molar-refractivity contribution >= 4 is 23.5 Å². The van der Waals surface area contributed by atoms with Crippen molar-refractivity contribution in [2.45, 2.75) is 31.3 Å². The maximum atomic E-state index is 12.8. The van der Waals surface area contributed by atoms with Crippen LogP contribution in [-0.2, 0) is 12.3 Å². The minimum absolute atomic E-state index is 0.128. The highest BCUT2D eigenvalue weighted by atomic mass is 32.2. The average Bonchev–Trinajstić information content (AvgIpc) is 2.95. The molecule has 0 radical (unpaired) electrons. The Morgan fingerprint density at radius 1 is 0.816 bits per heavy atom. The molecule has 8 heteroatoms. The lowest BCUT2D eigenvalue weighted by Crippen LogP contribution is -2.47. The van der Waals surface area contributed by atoms with Crippen molar-refractivity contribution in [3.05, 3.63) is 82.5 Å². The van der Waals surface area contributed by atoms with Gasteiger partial charge in [0.15, 0.2) is 5.16 Å². The minimum atomic E-state index is 0.128. The SMILES string of the molecule is Cc1nc(SCc2ccc(C(=O)N3CCN(C)CC3)cc2)nc(N2CCN(Cc3ccccc3)CC2)c1C. The zero-order valence-electron chi connectivity index (χ0n) is 22.8. The molecule has 3 heterocycles. The van der Waals surface area contributed by atoms with E-state index in [9.17, 15) is 4.79 Å². The summed E-state index contributed by atoms with van der Waals surface area (Å²) in [4.78, 5) is 31.7. The highest BCUT2D eigenvalue weighted by Crippen LogP contribution is 2.27. The van der Waals surface area contributed by atoms with Crippen LogP contribution >= 0.6 is 11.8 Å². The predicted octanol–water partition coefficient (Wildman–Crippen LogP) is 4.10. The molecule has 200 valence electrons. The van der Waals surface area contributed by atoms with Gasteiger partial charge in [-0.15, -0.1) is 0 Å². The van der Waals surface area contributed by atoms with E-state index in [1.807, 2.05) is 17.0 Å². The summed E-state index contributed by atoms with van der Waals surface area (Å²) < 4.78 is 0. The number of hydrogen-bond acceptors (Lipinski definition) is 7. The number of hydrogen-bond donors (Lipinski definition) is 0. The van der Waals surface area contributed by atoms with E-state index >= 15 is 0 Å². The summed E-state index contributed by atoms with van der Waals surface area (Å²) in [5.74, 6) is 1.96. The van der Waals surface area contributed by atoms with Crippen molar-refractivity contribution in [1.82, 2.24) is 24.7 Å². The first-order valence-electron chi connectivity index (χ1n) is 13.5. The molecule has 2 aliphatic heterocycles. The minimum Gasteiger partial charge on any atom is -0.354 e. The number of carbonyl (C=O) groups is 1. The second-order valence-corrected chi connectivity index (χ2v) is 11.3. The number of carbonyl (C=O) groups excluding carboxylic acids is 1. The van der Waals surface area contributed by atoms with E-state index < -0.39 is 0 Å². The molecule has 0 bridgehead atoms. The number of aromatic nitrogens is 2. The van der Waals surface area contributed by atoms with Gasteiger partial charge in [-0.3, -0.25) is 9.69 Å². The first kappa shape index (κ1) is 26.7. The summed E-state index contributed by atoms with van der Waals surface area (Å²) in [6, 6.07) is 18.7. The molecule has 7 nitrogen and oxygen atoms in total. The number of benzene rings is 2. The fraction of sp³-hybridized carbons (Fsp3) is 0.433. The number of anilines is 1. The third-order valence-electron chi connectivity index (χ3n) is 7.62. The van der Waals surface area contributed by atoms with Crippen LogP contribution < -0.4 is 4.90 Å². The van der Waals surface area contributed by atoms with Crippen LogP contribution in [0.5, 0.6) is 0 Å². The van der Waals surface area contributed by atoms with Gasteiger partial charge in [-0.1, -0.05) is 54.2 Å². The van der Waals surface area contributed by atoms with Crippen LogP contribution in [0.15, 0.2) is 59.8 Å².